The maximum absolute atomic E-state index is 11.7. The molecule has 1 amide bonds. The van der Waals surface area contributed by atoms with Gasteiger partial charge in [0.25, 0.3) is 0 Å². The first-order valence-electron chi connectivity index (χ1n) is 6.39. The highest BCUT2D eigenvalue weighted by atomic mass is 16.5. The van der Waals surface area contributed by atoms with Crippen LogP contribution in [0.1, 0.15) is 5.56 Å². The number of carbonyl (C=O) groups is 1. The summed E-state index contributed by atoms with van der Waals surface area (Å²) in [5, 5.41) is 2.98. The Balaban J connectivity index is 2.26. The lowest BCUT2D eigenvalue weighted by molar-refractivity contribution is -0.129. The van der Waals surface area contributed by atoms with Crippen molar-refractivity contribution in [2.75, 3.05) is 33.3 Å². The fraction of sp³-hybridized carbons (Fsp3) is 0.400. The van der Waals surface area contributed by atoms with Crippen molar-refractivity contribution in [3.8, 4) is 5.75 Å². The van der Waals surface area contributed by atoms with Crippen LogP contribution < -0.4 is 10.1 Å². The minimum absolute atomic E-state index is 0.0511. The van der Waals surface area contributed by atoms with Crippen LogP contribution >= 0.6 is 0 Å². The second-order valence-electron chi connectivity index (χ2n) is 4.35. The monoisotopic (exact) mass is 262 g/mol. The number of rotatable bonds is 8. The zero-order valence-electron chi connectivity index (χ0n) is 11.7. The first-order valence-corrected chi connectivity index (χ1v) is 6.39. The molecule has 104 valence electrons. The second-order valence-corrected chi connectivity index (χ2v) is 4.35. The molecule has 0 aliphatic rings. The van der Waals surface area contributed by atoms with Gasteiger partial charge in [0.2, 0.25) is 5.91 Å². The van der Waals surface area contributed by atoms with Gasteiger partial charge in [-0.15, -0.1) is 6.58 Å². The van der Waals surface area contributed by atoms with Crippen molar-refractivity contribution in [3.05, 3.63) is 42.5 Å². The summed E-state index contributed by atoms with van der Waals surface area (Å²) in [6.07, 6.45) is 1.73. The van der Waals surface area contributed by atoms with Gasteiger partial charge in [0.05, 0.1) is 13.1 Å². The number of ether oxygens (including phenoxy) is 1. The zero-order valence-corrected chi connectivity index (χ0v) is 11.7. The summed E-state index contributed by atoms with van der Waals surface area (Å²) in [7, 11) is 1.78. The number of likely N-dealkylation sites (N-methyl/N-ethyl adjacent to an activating group) is 1. The molecule has 1 rings (SSSR count). The Labute approximate surface area is 115 Å². The summed E-state index contributed by atoms with van der Waals surface area (Å²) in [5.74, 6) is 0.920. The van der Waals surface area contributed by atoms with E-state index in [9.17, 15) is 4.79 Å². The number of para-hydroxylation sites is 1. The Morgan fingerprint density at radius 3 is 2.89 bits per heavy atom. The molecule has 1 aromatic carbocycles. The van der Waals surface area contributed by atoms with Crippen molar-refractivity contribution >= 4 is 5.91 Å². The molecule has 0 saturated heterocycles. The van der Waals surface area contributed by atoms with Crippen molar-refractivity contribution in [2.24, 2.45) is 0 Å². The van der Waals surface area contributed by atoms with E-state index < -0.39 is 0 Å². The zero-order chi connectivity index (χ0) is 14.1. The first kappa shape index (κ1) is 15.2. The third-order valence-electron chi connectivity index (χ3n) is 2.77. The standard InChI is InChI=1S/C15H22N2O2/c1-4-9-16-12-15(18)17(3)10-11-19-14-8-6-5-7-13(14)2/h4-8,16H,1,9-12H2,2-3H3. The Hall–Kier alpha value is -1.81. The van der Waals surface area contributed by atoms with E-state index in [0.717, 1.165) is 11.3 Å². The lowest BCUT2D eigenvalue weighted by atomic mass is 10.2. The topological polar surface area (TPSA) is 41.6 Å². The van der Waals surface area contributed by atoms with Crippen LogP contribution in [0.25, 0.3) is 0 Å². The van der Waals surface area contributed by atoms with Crippen molar-refractivity contribution in [1.29, 1.82) is 0 Å². The van der Waals surface area contributed by atoms with Crippen molar-refractivity contribution in [3.63, 3.8) is 0 Å². The van der Waals surface area contributed by atoms with Crippen LogP contribution in [0, 0.1) is 6.92 Å². The van der Waals surface area contributed by atoms with Crippen molar-refractivity contribution in [2.45, 2.75) is 6.92 Å². The molecule has 1 aromatic rings. The lowest BCUT2D eigenvalue weighted by Gasteiger charge is -2.18. The van der Waals surface area contributed by atoms with Gasteiger partial charge in [-0.05, 0) is 18.6 Å². The number of nitrogens with zero attached hydrogens (tertiary/aromatic N) is 1. The van der Waals surface area contributed by atoms with E-state index >= 15 is 0 Å². The van der Waals surface area contributed by atoms with Crippen molar-refractivity contribution < 1.29 is 9.53 Å². The lowest BCUT2D eigenvalue weighted by Crippen LogP contribution is -2.37. The van der Waals surface area contributed by atoms with Crippen LogP contribution in [-0.2, 0) is 4.79 Å². The van der Waals surface area contributed by atoms with Gasteiger partial charge >= 0.3 is 0 Å². The number of hydrogen-bond acceptors (Lipinski definition) is 3. The molecular weight excluding hydrogens is 240 g/mol. The summed E-state index contributed by atoms with van der Waals surface area (Å²) in [4.78, 5) is 13.4. The molecule has 1 N–H and O–H groups in total. The molecule has 0 bridgehead atoms. The smallest absolute Gasteiger partial charge is 0.236 e. The van der Waals surface area contributed by atoms with Gasteiger partial charge in [0.1, 0.15) is 12.4 Å². The summed E-state index contributed by atoms with van der Waals surface area (Å²) >= 11 is 0. The highest BCUT2D eigenvalue weighted by Crippen LogP contribution is 2.15. The molecule has 0 aliphatic carbocycles. The van der Waals surface area contributed by atoms with Crippen LogP contribution in [0.5, 0.6) is 5.75 Å². The van der Waals surface area contributed by atoms with E-state index in [1.165, 1.54) is 0 Å². The first-order chi connectivity index (χ1) is 9.15. The van der Waals surface area contributed by atoms with Crippen LogP contribution in [0.3, 0.4) is 0 Å². The van der Waals surface area contributed by atoms with E-state index in [1.54, 1.807) is 18.0 Å². The summed E-state index contributed by atoms with van der Waals surface area (Å²) < 4.78 is 5.65. The van der Waals surface area contributed by atoms with Crippen LogP contribution in [-0.4, -0.2) is 44.1 Å². The predicted molar refractivity (Wildman–Crippen MR) is 77.4 cm³/mol. The fourth-order valence-electron chi connectivity index (χ4n) is 1.55. The Morgan fingerprint density at radius 2 is 2.21 bits per heavy atom. The molecule has 19 heavy (non-hydrogen) atoms. The maximum Gasteiger partial charge on any atom is 0.236 e. The van der Waals surface area contributed by atoms with E-state index in [1.807, 2.05) is 31.2 Å². The Kier molecular flexibility index (Phi) is 6.68. The minimum atomic E-state index is 0.0511. The highest BCUT2D eigenvalue weighted by Gasteiger charge is 2.07. The number of nitrogens with one attached hydrogen (secondary N) is 1. The molecular formula is C15H22N2O2. The second kappa shape index (κ2) is 8.32. The van der Waals surface area contributed by atoms with Gasteiger partial charge in [-0.1, -0.05) is 24.3 Å². The van der Waals surface area contributed by atoms with Crippen LogP contribution in [0.15, 0.2) is 36.9 Å². The molecule has 0 saturated carbocycles. The summed E-state index contributed by atoms with van der Waals surface area (Å²) in [6.45, 7) is 7.62. The average Bonchev–Trinajstić information content (AvgIpc) is 2.41. The minimum Gasteiger partial charge on any atom is -0.491 e. The number of carbonyl (C=O) groups excluding carboxylic acids is 1. The van der Waals surface area contributed by atoms with E-state index in [0.29, 0.717) is 26.2 Å². The number of hydrogen-bond donors (Lipinski definition) is 1. The fourth-order valence-corrected chi connectivity index (χ4v) is 1.55. The maximum atomic E-state index is 11.7. The Bertz CT molecular complexity index is 418. The van der Waals surface area contributed by atoms with Crippen molar-refractivity contribution in [1.82, 2.24) is 10.2 Å². The molecule has 0 spiro atoms. The van der Waals surface area contributed by atoms with Gasteiger partial charge < -0.3 is 15.0 Å². The van der Waals surface area contributed by atoms with E-state index in [-0.39, 0.29) is 5.91 Å². The molecule has 4 nitrogen and oxygen atoms in total. The normalized spacial score (nSPS) is 10.0. The number of aryl methyl sites for hydroxylation is 1. The predicted octanol–water partition coefficient (Wildman–Crippen LogP) is 1.61. The molecule has 0 unspecified atom stereocenters. The number of amides is 1. The average molecular weight is 262 g/mol. The highest BCUT2D eigenvalue weighted by molar-refractivity contribution is 5.77. The summed E-state index contributed by atoms with van der Waals surface area (Å²) in [6, 6.07) is 7.85. The van der Waals surface area contributed by atoms with Gasteiger partial charge in [-0.2, -0.15) is 0 Å². The van der Waals surface area contributed by atoms with Crippen LogP contribution in [0.2, 0.25) is 0 Å². The Morgan fingerprint density at radius 1 is 1.47 bits per heavy atom. The van der Waals surface area contributed by atoms with E-state index in [2.05, 4.69) is 11.9 Å². The van der Waals surface area contributed by atoms with E-state index in [4.69, 9.17) is 4.74 Å². The quantitative estimate of drug-likeness (QED) is 0.571. The molecule has 0 radical (unpaired) electrons. The van der Waals surface area contributed by atoms with Gasteiger partial charge in [-0.25, -0.2) is 0 Å². The molecule has 0 fully saturated rings. The molecule has 4 heteroatoms. The SMILES string of the molecule is C=CCNCC(=O)N(C)CCOc1ccccc1C. The van der Waals surface area contributed by atoms with Gasteiger partial charge in [0, 0.05) is 13.6 Å². The van der Waals surface area contributed by atoms with Gasteiger partial charge in [-0.3, -0.25) is 4.79 Å². The number of benzene rings is 1. The third kappa shape index (κ3) is 5.57. The molecule has 0 heterocycles. The largest absolute Gasteiger partial charge is 0.491 e. The molecule has 0 aliphatic heterocycles. The molecule has 0 atom stereocenters. The van der Waals surface area contributed by atoms with Gasteiger partial charge in [0.15, 0.2) is 0 Å². The molecule has 0 aromatic heterocycles. The van der Waals surface area contributed by atoms with Crippen LogP contribution in [0.4, 0.5) is 0 Å². The summed E-state index contributed by atoms with van der Waals surface area (Å²) in [5.41, 5.74) is 1.10. The third-order valence-corrected chi connectivity index (χ3v) is 2.77.